The van der Waals surface area contributed by atoms with E-state index in [0.717, 1.165) is 18.7 Å². The predicted molar refractivity (Wildman–Crippen MR) is 96.9 cm³/mol. The molecule has 0 atom stereocenters. The Hall–Kier alpha value is -2.60. The van der Waals surface area contributed by atoms with Crippen LogP contribution in [0, 0.1) is 0 Å². The van der Waals surface area contributed by atoms with E-state index in [1.54, 1.807) is 36.5 Å². The van der Waals surface area contributed by atoms with Gasteiger partial charge in [0.2, 0.25) is 0 Å². The summed E-state index contributed by atoms with van der Waals surface area (Å²) in [5.74, 6) is -0.509. The number of rotatable bonds is 3. The molecule has 1 aliphatic heterocycles. The number of anilines is 1. The van der Waals surface area contributed by atoms with Gasteiger partial charge in [0, 0.05) is 49.2 Å². The minimum atomic E-state index is -0.499. The van der Waals surface area contributed by atoms with Crippen molar-refractivity contribution in [3.63, 3.8) is 0 Å². The highest BCUT2D eigenvalue weighted by molar-refractivity contribution is 6.30. The van der Waals surface area contributed by atoms with Crippen molar-refractivity contribution >= 4 is 29.1 Å². The first kappa shape index (κ1) is 17.2. The van der Waals surface area contributed by atoms with E-state index in [1.165, 1.54) is 6.20 Å². The van der Waals surface area contributed by atoms with Crippen molar-refractivity contribution in [3.05, 3.63) is 58.9 Å². The maximum absolute atomic E-state index is 12.7. The van der Waals surface area contributed by atoms with Gasteiger partial charge in [0.25, 0.3) is 11.8 Å². The minimum absolute atomic E-state index is 0.0108. The van der Waals surface area contributed by atoms with Crippen LogP contribution in [0.25, 0.3) is 0 Å². The van der Waals surface area contributed by atoms with E-state index >= 15 is 0 Å². The van der Waals surface area contributed by atoms with Gasteiger partial charge in [-0.15, -0.1) is 0 Å². The molecule has 0 saturated carbocycles. The number of hydrogen-bond donors (Lipinski definition) is 1. The zero-order chi connectivity index (χ0) is 17.8. The van der Waals surface area contributed by atoms with Gasteiger partial charge in [0.15, 0.2) is 0 Å². The van der Waals surface area contributed by atoms with Crippen molar-refractivity contribution in [1.82, 2.24) is 9.88 Å². The number of carbonyl (C=O) groups is 2. The lowest BCUT2D eigenvalue weighted by Gasteiger charge is -2.25. The Balaban J connectivity index is 1.73. The summed E-state index contributed by atoms with van der Waals surface area (Å²) < 4.78 is 0. The molecule has 1 fully saturated rings. The number of amides is 2. The van der Waals surface area contributed by atoms with Gasteiger partial charge in [0.05, 0.1) is 11.3 Å². The Morgan fingerprint density at radius 3 is 2.52 bits per heavy atom. The molecule has 0 unspecified atom stereocenters. The molecule has 1 aromatic heterocycles. The van der Waals surface area contributed by atoms with Crippen LogP contribution in [0.15, 0.2) is 42.7 Å². The maximum Gasteiger partial charge on any atom is 0.253 e. The molecule has 7 heteroatoms. The SMILES string of the molecule is NC(=O)c1cnccc1N1CCCN(C(=O)c2ccc(Cl)cc2)CC1. The van der Waals surface area contributed by atoms with Crippen molar-refractivity contribution in [2.45, 2.75) is 6.42 Å². The molecular formula is C18H19ClN4O2. The van der Waals surface area contributed by atoms with E-state index in [4.69, 9.17) is 17.3 Å². The summed E-state index contributed by atoms with van der Waals surface area (Å²) in [6.45, 7) is 2.61. The molecule has 25 heavy (non-hydrogen) atoms. The third-order valence-corrected chi connectivity index (χ3v) is 4.53. The monoisotopic (exact) mass is 358 g/mol. The fraction of sp³-hybridized carbons (Fsp3) is 0.278. The second-order valence-corrected chi connectivity index (χ2v) is 6.33. The smallest absolute Gasteiger partial charge is 0.253 e. The normalized spacial score (nSPS) is 14.9. The first-order valence-corrected chi connectivity index (χ1v) is 8.47. The molecule has 130 valence electrons. The second-order valence-electron chi connectivity index (χ2n) is 5.90. The van der Waals surface area contributed by atoms with Gasteiger partial charge in [-0.05, 0) is 36.8 Å². The van der Waals surface area contributed by atoms with Gasteiger partial charge in [-0.25, -0.2) is 0 Å². The average molecular weight is 359 g/mol. The summed E-state index contributed by atoms with van der Waals surface area (Å²) in [6.07, 6.45) is 3.93. The minimum Gasteiger partial charge on any atom is -0.369 e. The van der Waals surface area contributed by atoms with Gasteiger partial charge >= 0.3 is 0 Å². The number of nitrogens with zero attached hydrogens (tertiary/aromatic N) is 3. The largest absolute Gasteiger partial charge is 0.369 e. The van der Waals surface area contributed by atoms with Crippen LogP contribution in [0.5, 0.6) is 0 Å². The fourth-order valence-electron chi connectivity index (χ4n) is 2.99. The van der Waals surface area contributed by atoms with Crippen LogP contribution < -0.4 is 10.6 Å². The molecule has 2 heterocycles. The molecule has 2 N–H and O–H groups in total. The second kappa shape index (κ2) is 7.53. The fourth-order valence-corrected chi connectivity index (χ4v) is 3.12. The molecule has 1 aliphatic rings. The quantitative estimate of drug-likeness (QED) is 0.912. The van der Waals surface area contributed by atoms with Crippen LogP contribution in [0.4, 0.5) is 5.69 Å². The summed E-state index contributed by atoms with van der Waals surface area (Å²) in [5, 5.41) is 0.607. The first-order valence-electron chi connectivity index (χ1n) is 8.10. The highest BCUT2D eigenvalue weighted by Crippen LogP contribution is 2.21. The van der Waals surface area contributed by atoms with E-state index in [2.05, 4.69) is 9.88 Å². The van der Waals surface area contributed by atoms with Gasteiger partial charge in [-0.3, -0.25) is 14.6 Å². The van der Waals surface area contributed by atoms with Crippen LogP contribution in [0.1, 0.15) is 27.1 Å². The van der Waals surface area contributed by atoms with Crippen LogP contribution in [0.3, 0.4) is 0 Å². The number of hydrogen-bond acceptors (Lipinski definition) is 4. The molecule has 2 amide bonds. The summed E-state index contributed by atoms with van der Waals surface area (Å²) in [4.78, 5) is 32.2. The molecule has 0 spiro atoms. The van der Waals surface area contributed by atoms with E-state index in [-0.39, 0.29) is 5.91 Å². The molecule has 2 aromatic rings. The van der Waals surface area contributed by atoms with Crippen molar-refractivity contribution in [1.29, 1.82) is 0 Å². The van der Waals surface area contributed by atoms with Crippen LogP contribution in [-0.2, 0) is 0 Å². The van der Waals surface area contributed by atoms with E-state index < -0.39 is 5.91 Å². The lowest BCUT2D eigenvalue weighted by molar-refractivity contribution is 0.0766. The number of aromatic nitrogens is 1. The van der Waals surface area contributed by atoms with Crippen LogP contribution in [-0.4, -0.2) is 47.9 Å². The summed E-state index contributed by atoms with van der Waals surface area (Å²) in [5.41, 5.74) is 7.24. The third kappa shape index (κ3) is 3.91. The maximum atomic E-state index is 12.7. The number of halogens is 1. The zero-order valence-corrected chi connectivity index (χ0v) is 14.4. The highest BCUT2D eigenvalue weighted by atomic mass is 35.5. The number of pyridine rings is 1. The van der Waals surface area contributed by atoms with Crippen LogP contribution in [0.2, 0.25) is 5.02 Å². The van der Waals surface area contributed by atoms with Crippen LogP contribution >= 0.6 is 11.6 Å². The molecule has 1 aromatic carbocycles. The average Bonchev–Trinajstić information content (AvgIpc) is 2.88. The van der Waals surface area contributed by atoms with Gasteiger partial charge < -0.3 is 15.5 Å². The molecule has 0 bridgehead atoms. The molecular weight excluding hydrogens is 340 g/mol. The summed E-state index contributed by atoms with van der Waals surface area (Å²) in [7, 11) is 0. The Labute approximate surface area is 151 Å². The van der Waals surface area contributed by atoms with Crippen molar-refractivity contribution < 1.29 is 9.59 Å². The lowest BCUT2D eigenvalue weighted by atomic mass is 10.2. The topological polar surface area (TPSA) is 79.5 Å². The molecule has 1 saturated heterocycles. The van der Waals surface area contributed by atoms with Crippen molar-refractivity contribution in [2.24, 2.45) is 5.73 Å². The van der Waals surface area contributed by atoms with E-state index in [9.17, 15) is 9.59 Å². The van der Waals surface area contributed by atoms with Gasteiger partial charge in [-0.2, -0.15) is 0 Å². The standard InChI is InChI=1S/C18H19ClN4O2/c19-14-4-2-13(3-5-14)18(25)23-9-1-8-22(10-11-23)16-6-7-21-12-15(16)17(20)24/h2-7,12H,1,8-11H2,(H2,20,24). The Kier molecular flexibility index (Phi) is 5.19. The summed E-state index contributed by atoms with van der Waals surface area (Å²) >= 11 is 5.88. The zero-order valence-electron chi connectivity index (χ0n) is 13.7. The highest BCUT2D eigenvalue weighted by Gasteiger charge is 2.22. The third-order valence-electron chi connectivity index (χ3n) is 4.28. The number of nitrogens with two attached hydrogens (primary N) is 1. The van der Waals surface area contributed by atoms with Crippen molar-refractivity contribution in [2.75, 3.05) is 31.1 Å². The van der Waals surface area contributed by atoms with Crippen molar-refractivity contribution in [3.8, 4) is 0 Å². The number of benzene rings is 1. The van der Waals surface area contributed by atoms with E-state index in [1.807, 2.05) is 4.90 Å². The molecule has 0 aliphatic carbocycles. The van der Waals surface area contributed by atoms with Gasteiger partial charge in [0.1, 0.15) is 0 Å². The molecule has 3 rings (SSSR count). The molecule has 6 nitrogen and oxygen atoms in total. The first-order chi connectivity index (χ1) is 12.1. The number of carbonyl (C=O) groups excluding carboxylic acids is 2. The van der Waals surface area contributed by atoms with Gasteiger partial charge in [-0.1, -0.05) is 11.6 Å². The van der Waals surface area contributed by atoms with E-state index in [0.29, 0.717) is 35.8 Å². The number of primary amides is 1. The lowest BCUT2D eigenvalue weighted by Crippen LogP contribution is -2.35. The Bertz CT molecular complexity index is 779. The Morgan fingerprint density at radius 2 is 1.80 bits per heavy atom. The summed E-state index contributed by atoms with van der Waals surface area (Å²) in [6, 6.07) is 8.70. The predicted octanol–water partition coefficient (Wildman–Crippen LogP) is 2.19. The molecule has 0 radical (unpaired) electrons. The Morgan fingerprint density at radius 1 is 1.04 bits per heavy atom.